The summed E-state index contributed by atoms with van der Waals surface area (Å²) in [6, 6.07) is 14.7. The van der Waals surface area contributed by atoms with Gasteiger partial charge in [-0.25, -0.2) is 0 Å². The molecule has 0 radical (unpaired) electrons. The minimum absolute atomic E-state index is 0.0890. The highest BCUT2D eigenvalue weighted by molar-refractivity contribution is 6.37. The first-order valence-corrected chi connectivity index (χ1v) is 13.3. The van der Waals surface area contributed by atoms with Crippen LogP contribution in [0.5, 0.6) is 11.8 Å². The number of piperazine rings is 1. The second-order valence-electron chi connectivity index (χ2n) is 9.87. The lowest BCUT2D eigenvalue weighted by molar-refractivity contribution is -0.137. The minimum Gasteiger partial charge on any atom is -0.423 e. The fourth-order valence-corrected chi connectivity index (χ4v) is 5.09. The Morgan fingerprint density at radius 2 is 1.68 bits per heavy atom. The van der Waals surface area contributed by atoms with Crippen LogP contribution < -0.4 is 19.9 Å². The minimum atomic E-state index is -4.39. The summed E-state index contributed by atoms with van der Waals surface area (Å²) in [5.41, 5.74) is 2.62. The van der Waals surface area contributed by atoms with Gasteiger partial charge in [0, 0.05) is 66.3 Å². The van der Waals surface area contributed by atoms with Crippen molar-refractivity contribution in [3.05, 3.63) is 76.6 Å². The van der Waals surface area contributed by atoms with Crippen LogP contribution >= 0.6 is 11.6 Å². The van der Waals surface area contributed by atoms with Crippen molar-refractivity contribution >= 4 is 45.6 Å². The molecule has 9 nitrogen and oxygen atoms in total. The largest absolute Gasteiger partial charge is 0.423 e. The number of H-pyrrole nitrogens is 2. The average Bonchev–Trinajstić information content (AvgIpc) is 3.54. The first-order valence-electron chi connectivity index (χ1n) is 12.9. The van der Waals surface area contributed by atoms with Gasteiger partial charge in [-0.05, 0) is 50.2 Å². The third kappa shape index (κ3) is 5.73. The predicted octanol–water partition coefficient (Wildman–Crippen LogP) is 6.83. The number of hydrogen-bond donors (Lipinski definition) is 3. The Labute approximate surface area is 238 Å². The number of hydrogen-bond acceptors (Lipinski definition) is 7. The van der Waals surface area contributed by atoms with E-state index in [0.29, 0.717) is 60.1 Å². The van der Waals surface area contributed by atoms with Crippen molar-refractivity contribution in [2.75, 3.05) is 41.3 Å². The molecule has 1 saturated heterocycles. The smallest absolute Gasteiger partial charge is 0.416 e. The molecule has 13 heteroatoms. The van der Waals surface area contributed by atoms with Crippen LogP contribution in [0.4, 0.5) is 36.3 Å². The molecule has 1 aliphatic heterocycles. The zero-order chi connectivity index (χ0) is 28.7. The van der Waals surface area contributed by atoms with Crippen LogP contribution in [0.2, 0.25) is 5.02 Å². The van der Waals surface area contributed by atoms with Gasteiger partial charge in [0.25, 0.3) is 0 Å². The summed E-state index contributed by atoms with van der Waals surface area (Å²) in [5, 5.41) is 11.6. The summed E-state index contributed by atoms with van der Waals surface area (Å²) >= 11 is 6.66. The Morgan fingerprint density at radius 1 is 0.902 bits per heavy atom. The standard InChI is InChI=1S/C28H26ClF3N8O/c1-16-12-20-21(33-16)6-7-22(26(20)29)41-27-35-23(34-24-13-17(2)37-38-24)15-25(36-27)40-10-8-39(9-11-40)19-5-3-4-18(14-19)28(30,31)32/h3-7,12-15,33H,8-11H2,1-2H3,(H2,34,35,36,37,38). The van der Waals surface area contributed by atoms with Crippen LogP contribution in [0.25, 0.3) is 10.9 Å². The van der Waals surface area contributed by atoms with Gasteiger partial charge in [-0.3, -0.25) is 5.10 Å². The highest BCUT2D eigenvalue weighted by Gasteiger charge is 2.31. The second-order valence-corrected chi connectivity index (χ2v) is 10.2. The van der Waals surface area contributed by atoms with E-state index in [1.54, 1.807) is 18.2 Å². The molecule has 0 saturated carbocycles. The molecular weight excluding hydrogens is 557 g/mol. The van der Waals surface area contributed by atoms with Gasteiger partial charge in [0.2, 0.25) is 0 Å². The molecule has 4 heterocycles. The molecule has 0 spiro atoms. The quantitative estimate of drug-likeness (QED) is 0.202. The molecule has 1 aliphatic rings. The van der Waals surface area contributed by atoms with Crippen LogP contribution in [0.15, 0.2) is 54.6 Å². The molecule has 3 aromatic heterocycles. The van der Waals surface area contributed by atoms with Crippen LogP contribution in [0.1, 0.15) is 17.0 Å². The van der Waals surface area contributed by atoms with Crippen LogP contribution in [0.3, 0.4) is 0 Å². The number of aromatic amines is 2. The van der Waals surface area contributed by atoms with Gasteiger partial charge in [0.05, 0.1) is 10.6 Å². The molecule has 0 unspecified atom stereocenters. The molecule has 0 aliphatic carbocycles. The maximum absolute atomic E-state index is 13.2. The Kier molecular flexibility index (Phi) is 6.86. The van der Waals surface area contributed by atoms with E-state index in [0.717, 1.165) is 28.4 Å². The van der Waals surface area contributed by atoms with Crippen molar-refractivity contribution in [2.24, 2.45) is 0 Å². The Hall–Kier alpha value is -4.45. The number of rotatable bonds is 6. The van der Waals surface area contributed by atoms with Gasteiger partial charge in [0.1, 0.15) is 17.4 Å². The second kappa shape index (κ2) is 10.5. The van der Waals surface area contributed by atoms with Crippen molar-refractivity contribution in [1.82, 2.24) is 25.1 Å². The Balaban J connectivity index is 1.26. The number of nitrogens with one attached hydrogen (secondary N) is 3. The molecule has 0 bridgehead atoms. The zero-order valence-electron chi connectivity index (χ0n) is 22.2. The fraction of sp³-hybridized carbons (Fsp3) is 0.250. The summed E-state index contributed by atoms with van der Waals surface area (Å²) in [4.78, 5) is 16.4. The van der Waals surface area contributed by atoms with E-state index in [1.165, 1.54) is 12.1 Å². The molecule has 0 atom stereocenters. The first-order chi connectivity index (χ1) is 19.6. The lowest BCUT2D eigenvalue weighted by Gasteiger charge is -2.37. The normalized spacial score (nSPS) is 14.1. The van der Waals surface area contributed by atoms with Crippen molar-refractivity contribution < 1.29 is 17.9 Å². The third-order valence-corrected chi connectivity index (χ3v) is 7.22. The number of aryl methyl sites for hydroxylation is 2. The number of fused-ring (bicyclic) bond motifs is 1. The molecule has 1 fully saturated rings. The maximum atomic E-state index is 13.2. The van der Waals surface area contributed by atoms with Crippen LogP contribution in [-0.4, -0.2) is 51.3 Å². The molecule has 2 aromatic carbocycles. The number of ether oxygens (including phenoxy) is 1. The SMILES string of the molecule is Cc1cc(Nc2cc(N3CCN(c4cccc(C(F)(F)F)c4)CC3)nc(Oc3ccc4[nH]c(C)cc4c3Cl)n2)n[nH]1. The summed E-state index contributed by atoms with van der Waals surface area (Å²) in [5.74, 6) is 2.05. The van der Waals surface area contributed by atoms with E-state index in [-0.39, 0.29) is 6.01 Å². The van der Waals surface area contributed by atoms with Crippen molar-refractivity contribution in [3.63, 3.8) is 0 Å². The Morgan fingerprint density at radius 3 is 2.41 bits per heavy atom. The lowest BCUT2D eigenvalue weighted by Crippen LogP contribution is -2.47. The van der Waals surface area contributed by atoms with Gasteiger partial charge in [-0.15, -0.1) is 0 Å². The van der Waals surface area contributed by atoms with E-state index in [2.05, 4.69) is 30.5 Å². The van der Waals surface area contributed by atoms with Gasteiger partial charge in [-0.2, -0.15) is 28.2 Å². The number of alkyl halides is 3. The summed E-state index contributed by atoms with van der Waals surface area (Å²) in [7, 11) is 0. The third-order valence-electron chi connectivity index (χ3n) is 6.83. The van der Waals surface area contributed by atoms with Gasteiger partial charge in [-0.1, -0.05) is 17.7 Å². The van der Waals surface area contributed by atoms with Crippen LogP contribution in [-0.2, 0) is 6.18 Å². The van der Waals surface area contributed by atoms with Gasteiger partial charge < -0.3 is 24.8 Å². The number of halogens is 4. The number of aromatic nitrogens is 5. The van der Waals surface area contributed by atoms with Crippen molar-refractivity contribution in [3.8, 4) is 11.8 Å². The molecule has 0 amide bonds. The van der Waals surface area contributed by atoms with E-state index < -0.39 is 11.7 Å². The monoisotopic (exact) mass is 582 g/mol. The molecule has 6 rings (SSSR count). The van der Waals surface area contributed by atoms with E-state index in [9.17, 15) is 13.2 Å². The summed E-state index contributed by atoms with van der Waals surface area (Å²) in [6.45, 7) is 5.93. The highest BCUT2D eigenvalue weighted by Crippen LogP contribution is 2.36. The van der Waals surface area contributed by atoms with E-state index >= 15 is 0 Å². The summed E-state index contributed by atoms with van der Waals surface area (Å²) in [6.07, 6.45) is -4.39. The predicted molar refractivity (Wildman–Crippen MR) is 153 cm³/mol. The molecular formula is C28H26ClF3N8O. The zero-order valence-corrected chi connectivity index (χ0v) is 22.9. The topological polar surface area (TPSA) is 98.0 Å². The van der Waals surface area contributed by atoms with Gasteiger partial charge in [0.15, 0.2) is 5.82 Å². The first kappa shape index (κ1) is 26.8. The van der Waals surface area contributed by atoms with E-state index in [4.69, 9.17) is 16.3 Å². The van der Waals surface area contributed by atoms with E-state index in [1.807, 2.05) is 41.8 Å². The lowest BCUT2D eigenvalue weighted by atomic mass is 10.1. The Bertz CT molecular complexity index is 1710. The molecule has 5 aromatic rings. The van der Waals surface area contributed by atoms with Crippen LogP contribution in [0, 0.1) is 13.8 Å². The number of anilines is 4. The highest BCUT2D eigenvalue weighted by atomic mass is 35.5. The maximum Gasteiger partial charge on any atom is 0.416 e. The van der Waals surface area contributed by atoms with Gasteiger partial charge >= 0.3 is 12.2 Å². The number of nitrogens with zero attached hydrogens (tertiary/aromatic N) is 5. The fourth-order valence-electron chi connectivity index (χ4n) is 4.84. The van der Waals surface area contributed by atoms with Crippen molar-refractivity contribution in [2.45, 2.75) is 20.0 Å². The molecule has 212 valence electrons. The average molecular weight is 583 g/mol. The van der Waals surface area contributed by atoms with Crippen molar-refractivity contribution in [1.29, 1.82) is 0 Å². The molecule has 3 N–H and O–H groups in total. The summed E-state index contributed by atoms with van der Waals surface area (Å²) < 4.78 is 45.8. The number of benzene rings is 2. The molecule has 41 heavy (non-hydrogen) atoms.